The number of hydrogen-bond donors (Lipinski definition) is 2. The van der Waals surface area contributed by atoms with Gasteiger partial charge in [-0.1, -0.05) is 17.7 Å². The van der Waals surface area contributed by atoms with E-state index in [1.165, 1.54) is 0 Å². The fourth-order valence-corrected chi connectivity index (χ4v) is 1.50. The molecule has 2 N–H and O–H groups in total. The number of methoxy groups -OCH3 is 1. The van der Waals surface area contributed by atoms with Gasteiger partial charge in [0, 0.05) is 31.0 Å². The maximum atomic E-state index is 11.5. The Kier molecular flexibility index (Phi) is 5.80. The molecule has 1 aromatic carbocycles. The normalized spacial score (nSPS) is 10.1. The Hall–Kier alpha value is -1.26. The van der Waals surface area contributed by atoms with Crippen molar-refractivity contribution in [2.45, 2.75) is 13.3 Å². The van der Waals surface area contributed by atoms with E-state index in [1.807, 2.05) is 13.0 Å². The van der Waals surface area contributed by atoms with Crippen molar-refractivity contribution in [2.75, 3.05) is 25.6 Å². The van der Waals surface area contributed by atoms with Gasteiger partial charge in [-0.05, 0) is 31.0 Å². The minimum absolute atomic E-state index is 0.230. The first-order chi connectivity index (χ1) is 8.15. The highest BCUT2D eigenvalue weighted by molar-refractivity contribution is 6.31. The van der Waals surface area contributed by atoms with Crippen molar-refractivity contribution in [2.24, 2.45) is 0 Å². The van der Waals surface area contributed by atoms with Crippen molar-refractivity contribution < 1.29 is 9.53 Å². The third-order valence-electron chi connectivity index (χ3n) is 2.33. The zero-order valence-electron chi connectivity index (χ0n) is 10.0. The largest absolute Gasteiger partial charge is 0.385 e. The summed E-state index contributed by atoms with van der Waals surface area (Å²) in [7, 11) is 1.63. The van der Waals surface area contributed by atoms with Crippen LogP contribution in [0.2, 0.25) is 5.02 Å². The number of benzene rings is 1. The molecule has 0 saturated carbocycles. The van der Waals surface area contributed by atoms with Gasteiger partial charge < -0.3 is 15.4 Å². The Morgan fingerprint density at radius 2 is 2.24 bits per heavy atom. The standard InChI is InChI=1S/C12H17ClN2O2/c1-9-10(13)5-3-6-11(9)15-12(16)14-7-4-8-17-2/h3,5-6H,4,7-8H2,1-2H3,(H2,14,15,16). The third kappa shape index (κ3) is 4.63. The second kappa shape index (κ2) is 7.14. The van der Waals surface area contributed by atoms with Crippen LogP contribution in [0.4, 0.5) is 10.5 Å². The summed E-state index contributed by atoms with van der Waals surface area (Å²) in [6.07, 6.45) is 0.790. The first-order valence-electron chi connectivity index (χ1n) is 5.44. The fourth-order valence-electron chi connectivity index (χ4n) is 1.33. The van der Waals surface area contributed by atoms with Crippen molar-refractivity contribution in [1.29, 1.82) is 0 Å². The summed E-state index contributed by atoms with van der Waals surface area (Å²) in [5, 5.41) is 6.13. The molecule has 2 amide bonds. The summed E-state index contributed by atoms with van der Waals surface area (Å²) in [6.45, 7) is 3.08. The van der Waals surface area contributed by atoms with Crippen LogP contribution < -0.4 is 10.6 Å². The average molecular weight is 257 g/mol. The number of carbonyl (C=O) groups excluding carboxylic acids is 1. The number of amides is 2. The number of anilines is 1. The molecule has 17 heavy (non-hydrogen) atoms. The highest BCUT2D eigenvalue weighted by Crippen LogP contribution is 2.22. The Bertz CT molecular complexity index is 383. The van der Waals surface area contributed by atoms with Crippen molar-refractivity contribution in [3.8, 4) is 0 Å². The number of halogens is 1. The van der Waals surface area contributed by atoms with E-state index in [2.05, 4.69) is 10.6 Å². The number of rotatable bonds is 5. The molecule has 0 atom stereocenters. The van der Waals surface area contributed by atoms with Crippen LogP contribution in [0.5, 0.6) is 0 Å². The fraction of sp³-hybridized carbons (Fsp3) is 0.417. The van der Waals surface area contributed by atoms with Gasteiger partial charge in [-0.15, -0.1) is 0 Å². The number of nitrogens with one attached hydrogen (secondary N) is 2. The van der Waals surface area contributed by atoms with Crippen LogP contribution in [0.15, 0.2) is 18.2 Å². The smallest absolute Gasteiger partial charge is 0.319 e. The quantitative estimate of drug-likeness (QED) is 0.796. The van der Waals surface area contributed by atoms with E-state index < -0.39 is 0 Å². The number of ether oxygens (including phenoxy) is 1. The van der Waals surface area contributed by atoms with Gasteiger partial charge in [0.1, 0.15) is 0 Å². The SMILES string of the molecule is COCCCNC(=O)Nc1cccc(Cl)c1C. The van der Waals surface area contributed by atoms with Gasteiger partial charge in [-0.25, -0.2) is 4.79 Å². The van der Waals surface area contributed by atoms with Crippen molar-refractivity contribution >= 4 is 23.3 Å². The molecule has 4 nitrogen and oxygen atoms in total. The minimum atomic E-state index is -0.230. The van der Waals surface area contributed by atoms with Gasteiger partial charge in [0.2, 0.25) is 0 Å². The van der Waals surface area contributed by atoms with Crippen molar-refractivity contribution in [3.63, 3.8) is 0 Å². The van der Waals surface area contributed by atoms with E-state index in [1.54, 1.807) is 19.2 Å². The summed E-state index contributed by atoms with van der Waals surface area (Å²) in [5.74, 6) is 0. The Labute approximate surface area is 106 Å². The molecule has 1 rings (SSSR count). The Balaban J connectivity index is 2.43. The Morgan fingerprint density at radius 1 is 1.47 bits per heavy atom. The summed E-state index contributed by atoms with van der Waals surface area (Å²) < 4.78 is 4.89. The highest BCUT2D eigenvalue weighted by Gasteiger charge is 2.05. The van der Waals surface area contributed by atoms with Crippen LogP contribution >= 0.6 is 11.6 Å². The lowest BCUT2D eigenvalue weighted by molar-refractivity contribution is 0.194. The molecule has 0 aliphatic heterocycles. The zero-order valence-corrected chi connectivity index (χ0v) is 10.8. The second-order valence-corrected chi connectivity index (χ2v) is 4.05. The molecule has 0 unspecified atom stereocenters. The first-order valence-corrected chi connectivity index (χ1v) is 5.82. The lowest BCUT2D eigenvalue weighted by Gasteiger charge is -2.10. The van der Waals surface area contributed by atoms with Gasteiger partial charge in [-0.3, -0.25) is 0 Å². The molecule has 0 saturated heterocycles. The minimum Gasteiger partial charge on any atom is -0.385 e. The topological polar surface area (TPSA) is 50.4 Å². The third-order valence-corrected chi connectivity index (χ3v) is 2.74. The maximum Gasteiger partial charge on any atom is 0.319 e. The van der Waals surface area contributed by atoms with E-state index in [0.717, 1.165) is 17.7 Å². The van der Waals surface area contributed by atoms with Gasteiger partial charge in [0.05, 0.1) is 0 Å². The molecular weight excluding hydrogens is 240 g/mol. The highest BCUT2D eigenvalue weighted by atomic mass is 35.5. The van der Waals surface area contributed by atoms with Gasteiger partial charge >= 0.3 is 6.03 Å². The molecule has 0 heterocycles. The van der Waals surface area contributed by atoms with E-state index in [-0.39, 0.29) is 6.03 Å². The summed E-state index contributed by atoms with van der Waals surface area (Å²) in [5.41, 5.74) is 1.59. The molecule has 0 aliphatic rings. The summed E-state index contributed by atoms with van der Waals surface area (Å²) in [4.78, 5) is 11.5. The van der Waals surface area contributed by atoms with Gasteiger partial charge in [0.15, 0.2) is 0 Å². The zero-order chi connectivity index (χ0) is 12.7. The number of carbonyl (C=O) groups is 1. The van der Waals surface area contributed by atoms with Gasteiger partial charge in [-0.2, -0.15) is 0 Å². The predicted molar refractivity (Wildman–Crippen MR) is 69.7 cm³/mol. The Morgan fingerprint density at radius 3 is 2.94 bits per heavy atom. The number of hydrogen-bond acceptors (Lipinski definition) is 2. The van der Waals surface area contributed by atoms with Crippen LogP contribution in [-0.4, -0.2) is 26.3 Å². The van der Waals surface area contributed by atoms with E-state index in [4.69, 9.17) is 16.3 Å². The molecule has 1 aromatic rings. The summed E-state index contributed by atoms with van der Waals surface area (Å²) >= 11 is 5.95. The van der Waals surface area contributed by atoms with Crippen LogP contribution in [0.25, 0.3) is 0 Å². The molecule has 0 radical (unpaired) electrons. The van der Waals surface area contributed by atoms with E-state index in [0.29, 0.717) is 18.2 Å². The molecule has 0 fully saturated rings. The molecule has 0 spiro atoms. The average Bonchev–Trinajstić information content (AvgIpc) is 2.31. The summed E-state index contributed by atoms with van der Waals surface area (Å²) in [6, 6.07) is 5.18. The maximum absolute atomic E-state index is 11.5. The molecule has 5 heteroatoms. The van der Waals surface area contributed by atoms with Crippen molar-refractivity contribution in [3.05, 3.63) is 28.8 Å². The monoisotopic (exact) mass is 256 g/mol. The van der Waals surface area contributed by atoms with Crippen LogP contribution in [0, 0.1) is 6.92 Å². The molecule has 0 aliphatic carbocycles. The molecule has 0 bridgehead atoms. The number of urea groups is 1. The molecule has 94 valence electrons. The van der Waals surface area contributed by atoms with E-state index in [9.17, 15) is 4.79 Å². The lowest BCUT2D eigenvalue weighted by atomic mass is 10.2. The molecular formula is C12H17ClN2O2. The molecule has 0 aromatic heterocycles. The predicted octanol–water partition coefficient (Wildman–Crippen LogP) is 2.81. The van der Waals surface area contributed by atoms with Crippen molar-refractivity contribution in [1.82, 2.24) is 5.32 Å². The van der Waals surface area contributed by atoms with E-state index >= 15 is 0 Å². The second-order valence-electron chi connectivity index (χ2n) is 3.64. The first kappa shape index (κ1) is 13.8. The van der Waals surface area contributed by atoms with Crippen LogP contribution in [-0.2, 0) is 4.74 Å². The van der Waals surface area contributed by atoms with Crippen LogP contribution in [0.1, 0.15) is 12.0 Å². The lowest BCUT2D eigenvalue weighted by Crippen LogP contribution is -2.30. The van der Waals surface area contributed by atoms with Crippen LogP contribution in [0.3, 0.4) is 0 Å². The van der Waals surface area contributed by atoms with Gasteiger partial charge in [0.25, 0.3) is 0 Å².